The van der Waals surface area contributed by atoms with E-state index in [4.69, 9.17) is 4.74 Å². The molecular formula is C22H21FN2O4. The number of aliphatic hydroxyl groups is 1. The molecule has 0 amide bonds. The average Bonchev–Trinajstić information content (AvgIpc) is 3.01. The molecule has 7 heteroatoms. The van der Waals surface area contributed by atoms with Gasteiger partial charge in [0, 0.05) is 24.3 Å². The monoisotopic (exact) mass is 396 g/mol. The van der Waals surface area contributed by atoms with Crippen molar-refractivity contribution in [1.82, 2.24) is 9.55 Å². The first-order valence-corrected chi connectivity index (χ1v) is 9.06. The van der Waals surface area contributed by atoms with E-state index in [1.54, 1.807) is 27.0 Å². The Hall–Kier alpha value is -3.37. The number of rotatable bonds is 3. The maximum absolute atomic E-state index is 13.5. The summed E-state index contributed by atoms with van der Waals surface area (Å²) < 4.78 is 20.0. The topological polar surface area (TPSA) is 84.3 Å². The van der Waals surface area contributed by atoms with Crippen molar-refractivity contribution in [1.29, 1.82) is 0 Å². The predicted octanol–water partition coefficient (Wildman–Crippen LogP) is 2.75. The lowest BCUT2D eigenvalue weighted by Crippen LogP contribution is -2.19. The number of benzene rings is 1. The van der Waals surface area contributed by atoms with E-state index < -0.39 is 17.4 Å². The van der Waals surface area contributed by atoms with Crippen molar-refractivity contribution in [2.45, 2.75) is 26.4 Å². The second-order valence-electron chi connectivity index (χ2n) is 6.89. The molecule has 0 radical (unpaired) electrons. The van der Waals surface area contributed by atoms with Gasteiger partial charge in [0.25, 0.3) is 5.56 Å². The van der Waals surface area contributed by atoms with Crippen LogP contribution in [-0.2, 0) is 17.4 Å². The van der Waals surface area contributed by atoms with Crippen LogP contribution in [0.5, 0.6) is 0 Å². The molecule has 6 nitrogen and oxygen atoms in total. The fraction of sp³-hybridized carbons (Fsp3) is 0.273. The summed E-state index contributed by atoms with van der Waals surface area (Å²) >= 11 is 0. The lowest BCUT2D eigenvalue weighted by atomic mass is 9.96. The zero-order chi connectivity index (χ0) is 21.3. The summed E-state index contributed by atoms with van der Waals surface area (Å²) in [6.45, 7) is 5.00. The number of esters is 1. The van der Waals surface area contributed by atoms with Crippen molar-refractivity contribution >= 4 is 16.9 Å². The zero-order valence-corrected chi connectivity index (χ0v) is 16.6. The van der Waals surface area contributed by atoms with Crippen LogP contribution in [0.4, 0.5) is 4.39 Å². The highest BCUT2D eigenvalue weighted by atomic mass is 19.1. The van der Waals surface area contributed by atoms with Gasteiger partial charge in [0.15, 0.2) is 0 Å². The summed E-state index contributed by atoms with van der Waals surface area (Å²) in [5.41, 5.74) is -0.353. The number of carbonyl (C=O) groups excluding carboxylic acids is 1. The number of aromatic nitrogens is 2. The van der Waals surface area contributed by atoms with Crippen LogP contribution in [0.3, 0.4) is 0 Å². The van der Waals surface area contributed by atoms with E-state index in [1.165, 1.54) is 35.9 Å². The third-order valence-corrected chi connectivity index (χ3v) is 4.62. The number of H-pyrrole nitrogens is 1. The third kappa shape index (κ3) is 3.80. The Balaban J connectivity index is 2.23. The number of hydrogen-bond donors (Lipinski definition) is 2. The van der Waals surface area contributed by atoms with Crippen molar-refractivity contribution in [3.8, 4) is 11.8 Å². The smallest absolute Gasteiger partial charge is 0.340 e. The van der Waals surface area contributed by atoms with E-state index in [0.29, 0.717) is 22.2 Å². The number of fused-ring (bicyclic) bond motifs is 1. The van der Waals surface area contributed by atoms with Crippen molar-refractivity contribution in [2.24, 2.45) is 7.05 Å². The van der Waals surface area contributed by atoms with Crippen molar-refractivity contribution in [3.05, 3.63) is 69.0 Å². The first-order chi connectivity index (χ1) is 13.7. The van der Waals surface area contributed by atoms with Gasteiger partial charge < -0.3 is 19.4 Å². The Morgan fingerprint density at radius 3 is 2.79 bits per heavy atom. The Morgan fingerprint density at radius 1 is 1.41 bits per heavy atom. The van der Waals surface area contributed by atoms with Gasteiger partial charge in [0.2, 0.25) is 0 Å². The first-order valence-electron chi connectivity index (χ1n) is 9.06. The van der Waals surface area contributed by atoms with Gasteiger partial charge in [-0.25, -0.2) is 9.18 Å². The number of ether oxygens (including phenoxy) is 1. The Kier molecular flexibility index (Phi) is 5.31. The van der Waals surface area contributed by atoms with Crippen molar-refractivity contribution in [3.63, 3.8) is 0 Å². The van der Waals surface area contributed by atoms with Crippen LogP contribution < -0.4 is 5.56 Å². The maximum atomic E-state index is 13.5. The second-order valence-corrected chi connectivity index (χ2v) is 6.89. The molecule has 0 aliphatic heterocycles. The number of halogens is 1. The summed E-state index contributed by atoms with van der Waals surface area (Å²) in [5.74, 6) is 4.53. The molecule has 1 unspecified atom stereocenters. The highest BCUT2D eigenvalue weighted by Gasteiger charge is 2.23. The quantitative estimate of drug-likeness (QED) is 0.527. The molecule has 0 saturated heterocycles. The Labute approximate surface area is 166 Å². The molecular weight excluding hydrogens is 375 g/mol. The lowest BCUT2D eigenvalue weighted by molar-refractivity contribution is 0.0528. The standard InChI is InChI=1S/C22H21FN2O4/c1-5-29-21(27)17-13(2)24-19-18(17)14(12-25(4)20(19)26)9-10-22(3,28)15-7-6-8-16(23)11-15/h6-8,11-12,24,28H,5H2,1-4H3. The van der Waals surface area contributed by atoms with Crippen molar-refractivity contribution < 1.29 is 19.0 Å². The van der Waals surface area contributed by atoms with Crippen LogP contribution >= 0.6 is 0 Å². The Bertz CT molecular complexity index is 1230. The molecule has 2 N–H and O–H groups in total. The molecule has 2 aromatic heterocycles. The first kappa shape index (κ1) is 20.4. The molecule has 0 saturated carbocycles. The van der Waals surface area contributed by atoms with Gasteiger partial charge in [-0.05, 0) is 38.5 Å². The van der Waals surface area contributed by atoms with Crippen LogP contribution in [0.15, 0.2) is 35.3 Å². The largest absolute Gasteiger partial charge is 0.462 e. The maximum Gasteiger partial charge on any atom is 0.340 e. The number of pyridine rings is 1. The molecule has 1 aromatic carbocycles. The number of aryl methyl sites for hydroxylation is 2. The highest BCUT2D eigenvalue weighted by Crippen LogP contribution is 2.25. The molecule has 1 atom stereocenters. The number of nitrogens with zero attached hydrogens (tertiary/aromatic N) is 1. The summed E-state index contributed by atoms with van der Waals surface area (Å²) in [6.07, 6.45) is 1.50. The Morgan fingerprint density at radius 2 is 2.14 bits per heavy atom. The minimum absolute atomic E-state index is 0.186. The average molecular weight is 396 g/mol. The summed E-state index contributed by atoms with van der Waals surface area (Å²) in [4.78, 5) is 27.9. The summed E-state index contributed by atoms with van der Waals surface area (Å²) in [7, 11) is 1.57. The van der Waals surface area contributed by atoms with Crippen molar-refractivity contribution in [2.75, 3.05) is 6.61 Å². The van der Waals surface area contributed by atoms with Crippen LogP contribution in [-0.4, -0.2) is 27.2 Å². The molecule has 0 spiro atoms. The summed E-state index contributed by atoms with van der Waals surface area (Å²) in [6, 6.07) is 5.53. The van der Waals surface area contributed by atoms with Gasteiger partial charge in [-0.15, -0.1) is 0 Å². The third-order valence-electron chi connectivity index (χ3n) is 4.62. The number of hydrogen-bond acceptors (Lipinski definition) is 4. The molecule has 0 fully saturated rings. The SMILES string of the molecule is CCOC(=O)c1c(C)[nH]c2c(=O)n(C)cc(C#CC(C)(O)c3cccc(F)c3)c12. The van der Waals surface area contributed by atoms with Gasteiger partial charge in [0.05, 0.1) is 17.7 Å². The highest BCUT2D eigenvalue weighted by molar-refractivity contribution is 6.07. The van der Waals surface area contributed by atoms with E-state index in [9.17, 15) is 19.1 Å². The molecule has 0 aliphatic carbocycles. The van der Waals surface area contributed by atoms with Gasteiger partial charge in [0.1, 0.15) is 16.9 Å². The van der Waals surface area contributed by atoms with Crippen LogP contribution in [0.2, 0.25) is 0 Å². The summed E-state index contributed by atoms with van der Waals surface area (Å²) in [5, 5.41) is 11.1. The van der Waals surface area contributed by atoms with Crippen LogP contribution in [0.25, 0.3) is 10.9 Å². The fourth-order valence-electron chi connectivity index (χ4n) is 3.15. The van der Waals surface area contributed by atoms with Gasteiger partial charge in [-0.2, -0.15) is 0 Å². The zero-order valence-electron chi connectivity index (χ0n) is 16.6. The van der Waals surface area contributed by atoms with E-state index >= 15 is 0 Å². The van der Waals surface area contributed by atoms with Crippen LogP contribution in [0, 0.1) is 24.6 Å². The molecule has 0 bridgehead atoms. The van der Waals surface area contributed by atoms with Gasteiger partial charge in [-0.3, -0.25) is 4.79 Å². The van der Waals surface area contributed by atoms with E-state index in [-0.39, 0.29) is 23.2 Å². The van der Waals surface area contributed by atoms with Gasteiger partial charge in [-0.1, -0.05) is 24.0 Å². The molecule has 150 valence electrons. The normalized spacial score (nSPS) is 12.9. The van der Waals surface area contributed by atoms with E-state index in [0.717, 1.165) is 0 Å². The molecule has 3 aromatic rings. The van der Waals surface area contributed by atoms with E-state index in [2.05, 4.69) is 16.8 Å². The van der Waals surface area contributed by atoms with Crippen LogP contribution in [0.1, 0.15) is 41.0 Å². The van der Waals surface area contributed by atoms with Gasteiger partial charge >= 0.3 is 5.97 Å². The number of aromatic amines is 1. The molecule has 3 rings (SSSR count). The second kappa shape index (κ2) is 7.57. The minimum atomic E-state index is -1.64. The fourth-order valence-corrected chi connectivity index (χ4v) is 3.15. The number of nitrogens with one attached hydrogen (secondary N) is 1. The minimum Gasteiger partial charge on any atom is -0.462 e. The molecule has 2 heterocycles. The number of carbonyl (C=O) groups is 1. The van der Waals surface area contributed by atoms with E-state index in [1.807, 2.05) is 0 Å². The predicted molar refractivity (Wildman–Crippen MR) is 107 cm³/mol. The molecule has 0 aliphatic rings. The molecule has 29 heavy (non-hydrogen) atoms. The lowest BCUT2D eigenvalue weighted by Gasteiger charge is -2.16.